The molecule has 10 aliphatic rings. The van der Waals surface area contributed by atoms with Crippen LogP contribution in [0.4, 0.5) is 0 Å². The third-order valence-corrected chi connectivity index (χ3v) is 24.0. The van der Waals surface area contributed by atoms with Gasteiger partial charge in [0, 0.05) is 0 Å². The maximum atomic E-state index is 13.0. The number of hydrogen-bond donors (Lipinski definition) is 18. The molecule has 0 aromatic rings. The van der Waals surface area contributed by atoms with Crippen molar-refractivity contribution in [3.05, 3.63) is 11.6 Å². The Bertz CT molecular complexity index is 2480. The monoisotopic (exact) mass is 1340 g/mol. The van der Waals surface area contributed by atoms with Gasteiger partial charge < -0.3 is 149 Å². The molecule has 0 aromatic heterocycles. The number of fused-ring (bicyclic) bond motifs is 5. The van der Waals surface area contributed by atoms with E-state index in [-0.39, 0.29) is 35.7 Å². The predicted octanol–water partition coefficient (Wildman–Crippen LogP) is -4.64. The summed E-state index contributed by atoms with van der Waals surface area (Å²) in [4.78, 5) is 0. The lowest BCUT2D eigenvalue weighted by atomic mass is 9.35. The van der Waals surface area contributed by atoms with Crippen LogP contribution < -0.4 is 0 Å². The van der Waals surface area contributed by atoms with Gasteiger partial charge in [0.2, 0.25) is 0 Å². The predicted molar refractivity (Wildman–Crippen MR) is 313 cm³/mol. The lowest BCUT2D eigenvalue weighted by Gasteiger charge is -2.71. The minimum atomic E-state index is -1.90. The standard InChI is InChI=1S/C63H106O30/c1-25(2)10-9-14-63(8,93-56-50(81)44(75)42(73)32(89-56)24-85-54-49(80)43(74)33(88-54)23-84-53-47(78)38(69)28(67)21-82-53)26-11-16-62(7)37(26)27(66)18-35-60(5)15-13-36(59(3,4)34(60)12-17-61(35,62)6)90-57-51(45(76)40(71)30(19-64)86-57)92-58-52(46(77)41(72)31(20-65)87-58)91-55-48(79)39(70)29(68)22-83-55/h10,26-58,64-81H,9,11-24H2,1-8H3/t26-,27+,28+,29+,30+,31+,32+,33-,34-,35+,36-,37-,38-,39-,40+,41+,42+,43-,44-,45-,46-,47+,48+,49+,50+,51+,52+,53-,54+,55-,56-,57-,58-,60-,61+,62+,63?/m0/s1. The molecule has 0 radical (unpaired) electrons. The molecule has 18 N–H and O–H groups in total. The van der Waals surface area contributed by atoms with Gasteiger partial charge in [-0.05, 0) is 124 Å². The average Bonchev–Trinajstić information content (AvgIpc) is 1.67. The largest absolute Gasteiger partial charge is 0.394 e. The molecule has 6 heterocycles. The lowest BCUT2D eigenvalue weighted by molar-refractivity contribution is -0.395. The Hall–Kier alpha value is -1.46. The molecule has 0 amide bonds. The van der Waals surface area contributed by atoms with E-state index in [2.05, 4.69) is 40.7 Å². The molecule has 6 aliphatic heterocycles. The minimum absolute atomic E-state index is 0.0257. The van der Waals surface area contributed by atoms with E-state index in [0.717, 1.165) is 18.4 Å². The summed E-state index contributed by atoms with van der Waals surface area (Å²) in [6, 6.07) is 0. The lowest BCUT2D eigenvalue weighted by Crippen LogP contribution is -2.68. The van der Waals surface area contributed by atoms with Crippen molar-refractivity contribution in [2.24, 2.45) is 45.3 Å². The van der Waals surface area contributed by atoms with E-state index in [1.165, 1.54) is 0 Å². The van der Waals surface area contributed by atoms with Crippen molar-refractivity contribution < 1.29 is 149 Å². The normalized spacial score (nSPS) is 53.1. The molecular formula is C63H106O30. The summed E-state index contributed by atoms with van der Waals surface area (Å²) in [5.74, 6) is -0.714. The van der Waals surface area contributed by atoms with Crippen LogP contribution in [0.3, 0.4) is 0 Å². The van der Waals surface area contributed by atoms with Crippen molar-refractivity contribution in [3.63, 3.8) is 0 Å². The van der Waals surface area contributed by atoms with Crippen LogP contribution in [-0.2, 0) is 56.8 Å². The molecule has 0 bridgehead atoms. The zero-order valence-corrected chi connectivity index (χ0v) is 54.2. The highest BCUT2D eigenvalue weighted by Crippen LogP contribution is 2.76. The van der Waals surface area contributed by atoms with Crippen molar-refractivity contribution in [3.8, 4) is 0 Å². The van der Waals surface area contributed by atoms with Gasteiger partial charge in [-0.25, -0.2) is 0 Å². The van der Waals surface area contributed by atoms with E-state index >= 15 is 0 Å². The molecule has 1 unspecified atom stereocenters. The summed E-state index contributed by atoms with van der Waals surface area (Å²) in [5.41, 5.74) is -1.95. The first-order valence-corrected chi connectivity index (χ1v) is 33.1. The molecule has 10 fully saturated rings. The van der Waals surface area contributed by atoms with Crippen molar-refractivity contribution in [2.45, 2.75) is 297 Å². The van der Waals surface area contributed by atoms with E-state index in [9.17, 15) is 91.9 Å². The van der Waals surface area contributed by atoms with Gasteiger partial charge in [-0.1, -0.05) is 46.3 Å². The second kappa shape index (κ2) is 28.9. The fourth-order valence-corrected chi connectivity index (χ4v) is 18.3. The van der Waals surface area contributed by atoms with E-state index in [1.807, 2.05) is 20.8 Å². The summed E-state index contributed by atoms with van der Waals surface area (Å²) in [7, 11) is 0. The van der Waals surface area contributed by atoms with Crippen LogP contribution >= 0.6 is 0 Å². The molecule has 538 valence electrons. The van der Waals surface area contributed by atoms with E-state index in [4.69, 9.17) is 56.8 Å². The van der Waals surface area contributed by atoms with Gasteiger partial charge >= 0.3 is 0 Å². The zero-order chi connectivity index (χ0) is 67.9. The van der Waals surface area contributed by atoms with Gasteiger partial charge in [-0.2, -0.15) is 0 Å². The summed E-state index contributed by atoms with van der Waals surface area (Å²) in [5, 5.41) is 197. The number of ether oxygens (including phenoxy) is 12. The smallest absolute Gasteiger partial charge is 0.187 e. The first-order valence-electron chi connectivity index (χ1n) is 33.1. The zero-order valence-electron chi connectivity index (χ0n) is 54.2. The van der Waals surface area contributed by atoms with Crippen molar-refractivity contribution in [1.29, 1.82) is 0 Å². The molecule has 30 heteroatoms. The van der Waals surface area contributed by atoms with Crippen molar-refractivity contribution in [1.82, 2.24) is 0 Å². The van der Waals surface area contributed by atoms with E-state index in [1.54, 1.807) is 0 Å². The maximum absolute atomic E-state index is 13.0. The summed E-state index contributed by atoms with van der Waals surface area (Å²) < 4.78 is 72.4. The van der Waals surface area contributed by atoms with Crippen LogP contribution in [0.2, 0.25) is 0 Å². The molecule has 6 saturated heterocycles. The Morgan fingerprint density at radius 3 is 1.53 bits per heavy atom. The second-order valence-electron chi connectivity index (χ2n) is 30.0. The summed E-state index contributed by atoms with van der Waals surface area (Å²) in [6.07, 6.45) is -37.7. The highest BCUT2D eigenvalue weighted by atomic mass is 16.8. The molecule has 4 aliphatic carbocycles. The quantitative estimate of drug-likeness (QED) is 0.0403. The first kappa shape index (κ1) is 74.2. The van der Waals surface area contributed by atoms with Crippen LogP contribution in [0.1, 0.15) is 113 Å². The average molecular weight is 1340 g/mol. The van der Waals surface area contributed by atoms with Gasteiger partial charge in [-0.15, -0.1) is 0 Å². The Kier molecular flexibility index (Phi) is 23.1. The van der Waals surface area contributed by atoms with Gasteiger partial charge in [0.05, 0.1) is 57.5 Å². The second-order valence-corrected chi connectivity index (χ2v) is 30.0. The Morgan fingerprint density at radius 1 is 0.473 bits per heavy atom. The number of rotatable bonds is 20. The Labute approximate surface area is 540 Å². The van der Waals surface area contributed by atoms with Crippen LogP contribution in [-0.4, -0.2) is 315 Å². The van der Waals surface area contributed by atoms with E-state index < -0.39 is 233 Å². The minimum Gasteiger partial charge on any atom is -0.394 e. The molecule has 4 saturated carbocycles. The SMILES string of the molecule is CC(C)=CCCC(C)(O[C@@H]1O[C@H](CO[C@@H]2O[C@@H](CO[C@@H]3OC[C@@H](O)[C@H](O)[C@H]3O)[C@H](O)[C@H]2O)[C@@H](O)[C@H](O)[C@H]1O)[C@H]1CC[C@]2(C)[C@@H]1[C@H](O)C[C@@H]1[C@@]3(C)CC[C@H](O[C@@H]4O[C@H](CO)[C@@H](O)[C@H](O)[C@H]4O[C@@H]4O[C@H](CO)[C@@H](O)[C@H](O)[C@H]4O[C@@H]4OC[C@@H](O)[C@H](O)[C@H]4O)C(C)(C)[C@@H]3CC[C@]12C. The van der Waals surface area contributed by atoms with Crippen LogP contribution in [0.15, 0.2) is 11.6 Å². The van der Waals surface area contributed by atoms with Crippen molar-refractivity contribution in [2.75, 3.05) is 39.6 Å². The molecule has 10 rings (SSSR count). The van der Waals surface area contributed by atoms with Gasteiger partial charge in [0.25, 0.3) is 0 Å². The van der Waals surface area contributed by atoms with Crippen LogP contribution in [0, 0.1) is 45.3 Å². The molecule has 0 spiro atoms. The molecular weight excluding hydrogens is 1240 g/mol. The molecule has 30 nitrogen and oxygen atoms in total. The third kappa shape index (κ3) is 13.7. The fourth-order valence-electron chi connectivity index (χ4n) is 18.3. The van der Waals surface area contributed by atoms with Gasteiger partial charge in [-0.3, -0.25) is 0 Å². The van der Waals surface area contributed by atoms with E-state index in [0.29, 0.717) is 44.9 Å². The Morgan fingerprint density at radius 2 is 0.946 bits per heavy atom. The van der Waals surface area contributed by atoms with Crippen LogP contribution in [0.25, 0.3) is 0 Å². The molecule has 0 aromatic carbocycles. The van der Waals surface area contributed by atoms with Crippen molar-refractivity contribution >= 4 is 0 Å². The fraction of sp³-hybridized carbons (Fsp3) is 0.968. The van der Waals surface area contributed by atoms with Crippen LogP contribution in [0.5, 0.6) is 0 Å². The number of allylic oxidation sites excluding steroid dienone is 2. The third-order valence-electron chi connectivity index (χ3n) is 24.0. The highest BCUT2D eigenvalue weighted by molar-refractivity contribution is 5.21. The molecule has 93 heavy (non-hydrogen) atoms. The number of aliphatic hydroxyl groups excluding tert-OH is 18. The molecule has 37 atom stereocenters. The number of hydrogen-bond acceptors (Lipinski definition) is 30. The van der Waals surface area contributed by atoms with Gasteiger partial charge in [0.1, 0.15) is 128 Å². The first-order chi connectivity index (χ1) is 43.7. The summed E-state index contributed by atoms with van der Waals surface area (Å²) >= 11 is 0. The highest BCUT2D eigenvalue weighted by Gasteiger charge is 2.72. The maximum Gasteiger partial charge on any atom is 0.187 e. The van der Waals surface area contributed by atoms with Gasteiger partial charge in [0.15, 0.2) is 37.7 Å². The summed E-state index contributed by atoms with van der Waals surface area (Å²) in [6.45, 7) is 13.7. The Balaban J connectivity index is 0.837. The topological polar surface area (TPSA) is 475 Å². The number of aliphatic hydroxyl groups is 18.